The lowest BCUT2D eigenvalue weighted by molar-refractivity contribution is -0.142. The first kappa shape index (κ1) is 15.8. The summed E-state index contributed by atoms with van der Waals surface area (Å²) in [6.45, 7) is 1.73. The van der Waals surface area contributed by atoms with Crippen molar-refractivity contribution in [1.82, 2.24) is 4.90 Å². The number of thioether (sulfide) groups is 1. The second-order valence-corrected chi connectivity index (χ2v) is 6.38. The van der Waals surface area contributed by atoms with Crippen LogP contribution >= 0.6 is 35.0 Å². The Morgan fingerprint density at radius 3 is 3.00 bits per heavy atom. The fraction of sp³-hybridized carbons (Fsp3) is 0.462. The highest BCUT2D eigenvalue weighted by Crippen LogP contribution is 2.27. The molecule has 7 heteroatoms. The van der Waals surface area contributed by atoms with Crippen LogP contribution in [0.25, 0.3) is 0 Å². The van der Waals surface area contributed by atoms with E-state index in [1.807, 2.05) is 4.90 Å². The van der Waals surface area contributed by atoms with Crippen LogP contribution in [0, 0.1) is 0 Å². The number of benzene rings is 1. The molecule has 2 rings (SSSR count). The molecule has 0 bridgehead atoms. The second kappa shape index (κ2) is 7.41. The van der Waals surface area contributed by atoms with Crippen molar-refractivity contribution in [3.8, 4) is 5.75 Å². The predicted octanol–water partition coefficient (Wildman–Crippen LogP) is 2.87. The third kappa shape index (κ3) is 4.19. The van der Waals surface area contributed by atoms with Crippen LogP contribution < -0.4 is 4.74 Å². The molecule has 0 amide bonds. The van der Waals surface area contributed by atoms with Gasteiger partial charge in [-0.1, -0.05) is 23.2 Å². The van der Waals surface area contributed by atoms with Gasteiger partial charge in [-0.15, -0.1) is 0 Å². The highest BCUT2D eigenvalue weighted by Gasteiger charge is 2.28. The number of carboxylic acid groups (broad SMARTS) is 1. The van der Waals surface area contributed by atoms with Gasteiger partial charge in [0.25, 0.3) is 0 Å². The summed E-state index contributed by atoms with van der Waals surface area (Å²) < 4.78 is 5.59. The van der Waals surface area contributed by atoms with Gasteiger partial charge in [0.15, 0.2) is 0 Å². The summed E-state index contributed by atoms with van der Waals surface area (Å²) in [4.78, 5) is 13.1. The summed E-state index contributed by atoms with van der Waals surface area (Å²) in [5, 5.41) is 10.2. The van der Waals surface area contributed by atoms with Gasteiger partial charge in [0.1, 0.15) is 18.4 Å². The highest BCUT2D eigenvalue weighted by atomic mass is 35.5. The van der Waals surface area contributed by atoms with E-state index in [9.17, 15) is 4.79 Å². The second-order valence-electron chi connectivity index (χ2n) is 4.39. The summed E-state index contributed by atoms with van der Waals surface area (Å²) >= 11 is 13.5. The third-order valence-electron chi connectivity index (χ3n) is 3.05. The molecule has 1 saturated heterocycles. The van der Waals surface area contributed by atoms with Crippen molar-refractivity contribution < 1.29 is 14.6 Å². The zero-order chi connectivity index (χ0) is 14.5. The average molecular weight is 336 g/mol. The van der Waals surface area contributed by atoms with Gasteiger partial charge in [-0.2, -0.15) is 11.8 Å². The van der Waals surface area contributed by atoms with Gasteiger partial charge in [0, 0.05) is 29.6 Å². The number of carboxylic acids is 1. The van der Waals surface area contributed by atoms with E-state index in [1.54, 1.807) is 30.0 Å². The Balaban J connectivity index is 1.86. The smallest absolute Gasteiger partial charge is 0.321 e. The van der Waals surface area contributed by atoms with Crippen LogP contribution in [0.3, 0.4) is 0 Å². The number of halogens is 2. The molecule has 0 spiro atoms. The zero-order valence-electron chi connectivity index (χ0n) is 10.7. The standard InChI is InChI=1S/C13H15Cl2NO3S/c14-9-1-2-12(10(15)7-9)19-5-3-16-4-6-20-8-11(16)13(17)18/h1-2,7,11H,3-6,8H2,(H,17,18). The molecule has 1 aliphatic heterocycles. The lowest BCUT2D eigenvalue weighted by Gasteiger charge is -2.32. The number of hydrogen-bond acceptors (Lipinski definition) is 4. The van der Waals surface area contributed by atoms with Crippen LogP contribution in [0.5, 0.6) is 5.75 Å². The molecule has 20 heavy (non-hydrogen) atoms. The summed E-state index contributed by atoms with van der Waals surface area (Å²) in [7, 11) is 0. The van der Waals surface area contributed by atoms with E-state index in [1.165, 1.54) is 0 Å². The Kier molecular flexibility index (Phi) is 5.84. The Morgan fingerprint density at radius 2 is 2.30 bits per heavy atom. The van der Waals surface area contributed by atoms with Crippen molar-refractivity contribution in [1.29, 1.82) is 0 Å². The number of nitrogens with zero attached hydrogens (tertiary/aromatic N) is 1. The first-order valence-electron chi connectivity index (χ1n) is 6.20. The normalized spacial score (nSPS) is 19.8. The van der Waals surface area contributed by atoms with Gasteiger partial charge in [0.05, 0.1) is 5.02 Å². The number of rotatable bonds is 5. The van der Waals surface area contributed by atoms with E-state index in [4.69, 9.17) is 33.0 Å². The average Bonchev–Trinajstić information content (AvgIpc) is 2.41. The van der Waals surface area contributed by atoms with E-state index in [2.05, 4.69) is 0 Å². The minimum atomic E-state index is -0.776. The minimum absolute atomic E-state index is 0.399. The van der Waals surface area contributed by atoms with Crippen LogP contribution in [0.2, 0.25) is 10.0 Å². The number of hydrogen-bond donors (Lipinski definition) is 1. The van der Waals surface area contributed by atoms with Crippen LogP contribution in [0.15, 0.2) is 18.2 Å². The molecule has 0 saturated carbocycles. The molecule has 1 fully saturated rings. The van der Waals surface area contributed by atoms with Gasteiger partial charge in [0.2, 0.25) is 0 Å². The Labute approximate surface area is 132 Å². The first-order chi connectivity index (χ1) is 9.58. The van der Waals surface area contributed by atoms with E-state index >= 15 is 0 Å². The fourth-order valence-electron chi connectivity index (χ4n) is 2.00. The zero-order valence-corrected chi connectivity index (χ0v) is 13.0. The van der Waals surface area contributed by atoms with Gasteiger partial charge in [-0.25, -0.2) is 0 Å². The Bertz CT molecular complexity index is 487. The molecule has 0 aromatic heterocycles. The van der Waals surface area contributed by atoms with Crippen LogP contribution in [-0.2, 0) is 4.79 Å². The molecule has 1 heterocycles. The molecule has 0 aliphatic carbocycles. The third-order valence-corrected chi connectivity index (χ3v) is 4.61. The van der Waals surface area contributed by atoms with Gasteiger partial charge < -0.3 is 9.84 Å². The topological polar surface area (TPSA) is 49.8 Å². The van der Waals surface area contributed by atoms with Crippen LogP contribution in [0.4, 0.5) is 0 Å². The van der Waals surface area contributed by atoms with Crippen LogP contribution in [-0.4, -0.2) is 53.2 Å². The molecule has 0 radical (unpaired) electrons. The van der Waals surface area contributed by atoms with Gasteiger partial charge in [-0.3, -0.25) is 9.69 Å². The molecule has 1 aliphatic rings. The number of carbonyl (C=O) groups is 1. The van der Waals surface area contributed by atoms with Crippen LogP contribution in [0.1, 0.15) is 0 Å². The predicted molar refractivity (Wildman–Crippen MR) is 82.3 cm³/mol. The van der Waals surface area contributed by atoms with Gasteiger partial charge in [-0.05, 0) is 18.2 Å². The molecule has 110 valence electrons. The van der Waals surface area contributed by atoms with Crippen molar-refractivity contribution in [2.45, 2.75) is 6.04 Å². The Hall–Kier alpha value is -0.620. The maximum atomic E-state index is 11.2. The molecule has 1 atom stereocenters. The molecule has 1 unspecified atom stereocenters. The lowest BCUT2D eigenvalue weighted by atomic mass is 10.2. The number of ether oxygens (including phenoxy) is 1. The minimum Gasteiger partial charge on any atom is -0.491 e. The van der Waals surface area contributed by atoms with Crippen molar-refractivity contribution in [3.63, 3.8) is 0 Å². The van der Waals surface area contributed by atoms with E-state index < -0.39 is 12.0 Å². The first-order valence-corrected chi connectivity index (χ1v) is 8.11. The summed E-state index contributed by atoms with van der Waals surface area (Å²) in [6.07, 6.45) is 0. The number of aliphatic carboxylic acids is 1. The van der Waals surface area contributed by atoms with Gasteiger partial charge >= 0.3 is 5.97 Å². The maximum Gasteiger partial charge on any atom is 0.321 e. The maximum absolute atomic E-state index is 11.2. The largest absolute Gasteiger partial charge is 0.491 e. The molecular weight excluding hydrogens is 321 g/mol. The van der Waals surface area contributed by atoms with E-state index in [0.717, 1.165) is 12.3 Å². The quantitative estimate of drug-likeness (QED) is 0.896. The van der Waals surface area contributed by atoms with Crippen molar-refractivity contribution >= 4 is 40.9 Å². The van der Waals surface area contributed by atoms with Crippen molar-refractivity contribution in [3.05, 3.63) is 28.2 Å². The van der Waals surface area contributed by atoms with E-state index in [0.29, 0.717) is 34.7 Å². The SMILES string of the molecule is O=C(O)C1CSCCN1CCOc1ccc(Cl)cc1Cl. The lowest BCUT2D eigenvalue weighted by Crippen LogP contribution is -2.48. The summed E-state index contributed by atoms with van der Waals surface area (Å²) in [5.41, 5.74) is 0. The molecule has 1 N–H and O–H groups in total. The molecular formula is C13H15Cl2NO3S. The summed E-state index contributed by atoms with van der Waals surface area (Å²) in [6, 6.07) is 4.61. The molecule has 1 aromatic carbocycles. The highest BCUT2D eigenvalue weighted by molar-refractivity contribution is 7.99. The van der Waals surface area contributed by atoms with E-state index in [-0.39, 0.29) is 0 Å². The Morgan fingerprint density at radius 1 is 1.50 bits per heavy atom. The monoisotopic (exact) mass is 335 g/mol. The molecule has 1 aromatic rings. The van der Waals surface area contributed by atoms with Crippen molar-refractivity contribution in [2.75, 3.05) is 31.2 Å². The fourth-order valence-corrected chi connectivity index (χ4v) is 3.57. The van der Waals surface area contributed by atoms with Crippen molar-refractivity contribution in [2.24, 2.45) is 0 Å². The summed E-state index contributed by atoms with van der Waals surface area (Å²) in [5.74, 6) is 1.36. The molecule has 4 nitrogen and oxygen atoms in total.